The quantitative estimate of drug-likeness (QED) is 0.302. The fourth-order valence-corrected chi connectivity index (χ4v) is 2.49. The van der Waals surface area contributed by atoms with Crippen LogP contribution in [-0.4, -0.2) is 34.1 Å². The summed E-state index contributed by atoms with van der Waals surface area (Å²) in [4.78, 5) is 33.3. The molecule has 0 unspecified atom stereocenters. The molecule has 2 aromatic carbocycles. The van der Waals surface area contributed by atoms with E-state index >= 15 is 0 Å². The van der Waals surface area contributed by atoms with Crippen LogP contribution in [0, 0.1) is 10.1 Å². The number of nitrogens with two attached hydrogens (primary N) is 1. The van der Waals surface area contributed by atoms with Crippen LogP contribution in [0.15, 0.2) is 52.0 Å². The molecule has 3 N–H and O–H groups in total. The fraction of sp³-hybridized carbons (Fsp3) is 0.0625. The third-order valence-corrected chi connectivity index (χ3v) is 3.90. The summed E-state index contributed by atoms with van der Waals surface area (Å²) in [6.45, 7) is -0.410. The summed E-state index contributed by atoms with van der Waals surface area (Å²) in [7, 11) is 0. The van der Waals surface area contributed by atoms with E-state index in [1.54, 1.807) is 0 Å². The maximum atomic E-state index is 12.3. The Labute approximate surface area is 155 Å². The minimum Gasteiger partial charge on any atom is -0.484 e. The van der Waals surface area contributed by atoms with Gasteiger partial charge in [0.1, 0.15) is 11.5 Å². The molecular weight excluding hydrogens is 410 g/mol. The molecule has 0 atom stereocenters. The number of carbonyl (C=O) groups is 2. The minimum absolute atomic E-state index is 0.0589. The highest BCUT2D eigenvalue weighted by molar-refractivity contribution is 9.10. The molecule has 0 bridgehead atoms. The SMILES string of the molecule is N/N=C(/C(=O)COc1ccc([N+](=O)[O-])cc1Br)c1ccc(C(=O)O)cc1. The van der Waals surface area contributed by atoms with Gasteiger partial charge in [0.05, 0.1) is 15.0 Å². The van der Waals surface area contributed by atoms with Crippen molar-refractivity contribution in [2.75, 3.05) is 6.61 Å². The summed E-state index contributed by atoms with van der Waals surface area (Å²) in [6.07, 6.45) is 0. The number of nitro groups is 1. The second-order valence-corrected chi connectivity index (χ2v) is 5.80. The lowest BCUT2D eigenvalue weighted by Crippen LogP contribution is -2.24. The van der Waals surface area contributed by atoms with E-state index in [0.717, 1.165) is 0 Å². The van der Waals surface area contributed by atoms with E-state index in [9.17, 15) is 19.7 Å². The fourth-order valence-electron chi connectivity index (χ4n) is 2.01. The first-order chi connectivity index (χ1) is 12.3. The molecule has 0 heterocycles. The highest BCUT2D eigenvalue weighted by Crippen LogP contribution is 2.29. The Morgan fingerprint density at radius 2 is 1.81 bits per heavy atom. The van der Waals surface area contributed by atoms with Crippen LogP contribution in [0.2, 0.25) is 0 Å². The van der Waals surface area contributed by atoms with Crippen molar-refractivity contribution in [2.45, 2.75) is 0 Å². The molecule has 2 aromatic rings. The van der Waals surface area contributed by atoms with Crippen LogP contribution in [0.4, 0.5) is 5.69 Å². The molecular formula is C16H12BrN3O6. The van der Waals surface area contributed by atoms with Crippen LogP contribution in [0.5, 0.6) is 5.75 Å². The van der Waals surface area contributed by atoms with E-state index in [1.807, 2.05) is 0 Å². The second-order valence-electron chi connectivity index (χ2n) is 4.94. The van der Waals surface area contributed by atoms with Crippen LogP contribution in [0.3, 0.4) is 0 Å². The lowest BCUT2D eigenvalue weighted by atomic mass is 10.0. The molecule has 0 radical (unpaired) electrons. The number of halogens is 1. The van der Waals surface area contributed by atoms with Gasteiger partial charge in [-0.3, -0.25) is 14.9 Å². The van der Waals surface area contributed by atoms with Gasteiger partial charge in [0.15, 0.2) is 6.61 Å². The van der Waals surface area contributed by atoms with Crippen LogP contribution in [-0.2, 0) is 4.79 Å². The molecule has 0 spiro atoms. The molecule has 0 aromatic heterocycles. The normalized spacial score (nSPS) is 11.0. The van der Waals surface area contributed by atoms with Crippen LogP contribution < -0.4 is 10.6 Å². The summed E-state index contributed by atoms with van der Waals surface area (Å²) in [5.74, 6) is 3.87. The van der Waals surface area contributed by atoms with E-state index in [-0.39, 0.29) is 22.7 Å². The zero-order valence-electron chi connectivity index (χ0n) is 13.1. The maximum absolute atomic E-state index is 12.3. The molecule has 0 saturated heterocycles. The molecule has 10 heteroatoms. The Kier molecular flexibility index (Phi) is 6.02. The van der Waals surface area contributed by atoms with Crippen LogP contribution >= 0.6 is 15.9 Å². The number of nitrogens with zero attached hydrogens (tertiary/aromatic N) is 2. The number of hydrogen-bond acceptors (Lipinski definition) is 7. The summed E-state index contributed by atoms with van der Waals surface area (Å²) < 4.78 is 5.67. The van der Waals surface area contributed by atoms with E-state index in [2.05, 4.69) is 21.0 Å². The van der Waals surface area contributed by atoms with Gasteiger partial charge in [-0.1, -0.05) is 12.1 Å². The largest absolute Gasteiger partial charge is 0.484 e. The van der Waals surface area contributed by atoms with Crippen LogP contribution in [0.1, 0.15) is 15.9 Å². The molecule has 26 heavy (non-hydrogen) atoms. The smallest absolute Gasteiger partial charge is 0.335 e. The third-order valence-electron chi connectivity index (χ3n) is 3.28. The van der Waals surface area contributed by atoms with Crippen molar-refractivity contribution in [1.82, 2.24) is 0 Å². The second kappa shape index (κ2) is 8.21. The Morgan fingerprint density at radius 3 is 2.31 bits per heavy atom. The van der Waals surface area contributed by atoms with Gasteiger partial charge in [0, 0.05) is 17.7 Å². The molecule has 0 amide bonds. The minimum atomic E-state index is -1.10. The van der Waals surface area contributed by atoms with Crippen molar-refractivity contribution in [1.29, 1.82) is 0 Å². The van der Waals surface area contributed by atoms with Gasteiger partial charge < -0.3 is 15.7 Å². The number of Topliss-reactive ketones (excluding diaryl/α,β-unsaturated/α-hetero) is 1. The van der Waals surface area contributed by atoms with Crippen molar-refractivity contribution in [2.24, 2.45) is 10.9 Å². The molecule has 0 aliphatic carbocycles. The predicted molar refractivity (Wildman–Crippen MR) is 95.4 cm³/mol. The first-order valence-electron chi connectivity index (χ1n) is 7.05. The monoisotopic (exact) mass is 421 g/mol. The van der Waals surface area contributed by atoms with Gasteiger partial charge >= 0.3 is 5.97 Å². The van der Waals surface area contributed by atoms with Crippen LogP contribution in [0.25, 0.3) is 0 Å². The molecule has 0 aliphatic rings. The first kappa shape index (κ1) is 19.1. The van der Waals surface area contributed by atoms with Gasteiger partial charge in [-0.25, -0.2) is 4.79 Å². The number of ether oxygens (including phenoxy) is 1. The summed E-state index contributed by atoms with van der Waals surface area (Å²) in [5.41, 5.74) is 0.191. The maximum Gasteiger partial charge on any atom is 0.335 e. The summed E-state index contributed by atoms with van der Waals surface area (Å²) in [6, 6.07) is 9.32. The number of nitro benzene ring substituents is 1. The van der Waals surface area contributed by atoms with E-state index in [1.165, 1.54) is 42.5 Å². The zero-order chi connectivity index (χ0) is 19.3. The lowest BCUT2D eigenvalue weighted by molar-refractivity contribution is -0.384. The number of carbonyl (C=O) groups excluding carboxylic acids is 1. The topological polar surface area (TPSA) is 145 Å². The van der Waals surface area contributed by atoms with Crippen molar-refractivity contribution in [3.05, 3.63) is 68.2 Å². The molecule has 9 nitrogen and oxygen atoms in total. The summed E-state index contributed by atoms with van der Waals surface area (Å²) >= 11 is 3.13. The number of aromatic carboxylic acids is 1. The standard InChI is InChI=1S/C16H12BrN3O6/c17-12-7-11(20(24)25)5-6-14(12)26-8-13(21)15(19-18)9-1-3-10(4-2-9)16(22)23/h1-7H,8,18H2,(H,22,23)/b19-15+. The molecule has 0 aliphatic heterocycles. The van der Waals surface area contributed by atoms with Gasteiger partial charge in [0.25, 0.3) is 5.69 Å². The van der Waals surface area contributed by atoms with Crippen molar-refractivity contribution in [3.63, 3.8) is 0 Å². The molecule has 2 rings (SSSR count). The number of ketones is 1. The van der Waals surface area contributed by atoms with Crippen molar-refractivity contribution in [3.8, 4) is 5.75 Å². The van der Waals surface area contributed by atoms with E-state index in [0.29, 0.717) is 10.0 Å². The Morgan fingerprint density at radius 1 is 1.19 bits per heavy atom. The average molecular weight is 422 g/mol. The third kappa shape index (κ3) is 4.42. The van der Waals surface area contributed by atoms with Gasteiger partial charge in [-0.2, -0.15) is 5.10 Å². The lowest BCUT2D eigenvalue weighted by Gasteiger charge is -2.09. The average Bonchev–Trinajstić information content (AvgIpc) is 2.61. The predicted octanol–water partition coefficient (Wildman–Crippen LogP) is 2.37. The summed E-state index contributed by atoms with van der Waals surface area (Å²) in [5, 5.41) is 23.0. The highest BCUT2D eigenvalue weighted by atomic mass is 79.9. The number of hydrazone groups is 1. The number of carboxylic acids is 1. The Hall–Kier alpha value is -3.27. The number of non-ortho nitro benzene ring substituents is 1. The number of rotatable bonds is 7. The Balaban J connectivity index is 2.10. The molecule has 134 valence electrons. The highest BCUT2D eigenvalue weighted by Gasteiger charge is 2.17. The molecule has 0 fully saturated rings. The van der Waals surface area contributed by atoms with Crippen molar-refractivity contribution >= 4 is 39.1 Å². The van der Waals surface area contributed by atoms with Gasteiger partial charge in [-0.05, 0) is 34.1 Å². The number of hydrogen-bond donors (Lipinski definition) is 2. The molecule has 0 saturated carbocycles. The van der Waals surface area contributed by atoms with E-state index in [4.69, 9.17) is 15.7 Å². The first-order valence-corrected chi connectivity index (χ1v) is 7.84. The van der Waals surface area contributed by atoms with Gasteiger partial charge in [0.2, 0.25) is 5.78 Å². The van der Waals surface area contributed by atoms with Gasteiger partial charge in [-0.15, -0.1) is 0 Å². The zero-order valence-corrected chi connectivity index (χ0v) is 14.7. The van der Waals surface area contributed by atoms with E-state index < -0.39 is 23.3 Å². The number of benzene rings is 2. The van der Waals surface area contributed by atoms with Crippen molar-refractivity contribution < 1.29 is 24.4 Å². The number of carboxylic acid groups (broad SMARTS) is 1. The Bertz CT molecular complexity index is 895.